The molecular formula is C27H45N3O6Si-. The van der Waals surface area contributed by atoms with Crippen LogP contribution >= 0.6 is 0 Å². The van der Waals surface area contributed by atoms with E-state index in [9.17, 15) is 9.59 Å². The summed E-state index contributed by atoms with van der Waals surface area (Å²) in [6.45, 7) is 22.6. The maximum absolute atomic E-state index is 13.1. The van der Waals surface area contributed by atoms with E-state index >= 15 is 0 Å². The SMILES string of the molecule is CCOC(=O)c1c(CCC(C)(C)O[Si-](C)(C)C(C)(C)C)nn2cc(OC)c(NC(=O)OC(C)(C)C)cc12. The van der Waals surface area contributed by atoms with Gasteiger partial charge in [-0.25, -0.2) is 14.1 Å². The highest BCUT2D eigenvalue weighted by atomic mass is 28.4. The van der Waals surface area contributed by atoms with E-state index in [-0.39, 0.29) is 11.6 Å². The first-order chi connectivity index (χ1) is 16.8. The molecule has 0 aromatic carbocycles. The van der Waals surface area contributed by atoms with Gasteiger partial charge in [0.25, 0.3) is 0 Å². The summed E-state index contributed by atoms with van der Waals surface area (Å²) in [7, 11) is -0.498. The summed E-state index contributed by atoms with van der Waals surface area (Å²) in [5.74, 6) is -0.0894. The van der Waals surface area contributed by atoms with Gasteiger partial charge in [-0.1, -0.05) is 20.8 Å². The zero-order valence-electron chi connectivity index (χ0n) is 24.6. The third kappa shape index (κ3) is 7.94. The van der Waals surface area contributed by atoms with Gasteiger partial charge in [0, 0.05) is 5.60 Å². The maximum Gasteiger partial charge on any atom is 0.412 e. The molecule has 10 heteroatoms. The molecule has 0 aliphatic carbocycles. The van der Waals surface area contributed by atoms with Crippen molar-refractivity contribution in [3.63, 3.8) is 0 Å². The number of ether oxygens (including phenoxy) is 3. The van der Waals surface area contributed by atoms with Crippen LogP contribution < -0.4 is 10.1 Å². The molecule has 2 aromatic rings. The average molecular weight is 536 g/mol. The summed E-state index contributed by atoms with van der Waals surface area (Å²) in [5.41, 5.74) is 0.750. The smallest absolute Gasteiger partial charge is 0.412 e. The molecule has 1 amide bonds. The van der Waals surface area contributed by atoms with Crippen molar-refractivity contribution in [3.8, 4) is 5.75 Å². The Morgan fingerprint density at radius 2 is 1.70 bits per heavy atom. The Morgan fingerprint density at radius 1 is 1.08 bits per heavy atom. The highest BCUT2D eigenvalue weighted by molar-refractivity contribution is 6.74. The Kier molecular flexibility index (Phi) is 9.13. The van der Waals surface area contributed by atoms with E-state index in [2.05, 4.69) is 53.0 Å². The van der Waals surface area contributed by atoms with Crippen LogP contribution in [0.25, 0.3) is 5.52 Å². The van der Waals surface area contributed by atoms with Crippen molar-refractivity contribution in [2.75, 3.05) is 19.0 Å². The van der Waals surface area contributed by atoms with Crippen molar-refractivity contribution in [3.05, 3.63) is 23.5 Å². The van der Waals surface area contributed by atoms with Gasteiger partial charge in [-0.05, 0) is 68.8 Å². The summed E-state index contributed by atoms with van der Waals surface area (Å²) < 4.78 is 24.5. The molecule has 2 aromatic heterocycles. The van der Waals surface area contributed by atoms with Crippen molar-refractivity contribution in [2.45, 2.75) is 104 Å². The van der Waals surface area contributed by atoms with Gasteiger partial charge in [0.1, 0.15) is 11.2 Å². The number of esters is 1. The minimum atomic E-state index is -2.00. The number of aromatic nitrogens is 2. The fourth-order valence-corrected chi connectivity index (χ4v) is 5.50. The molecule has 0 unspecified atom stereocenters. The van der Waals surface area contributed by atoms with Crippen molar-refractivity contribution in [2.24, 2.45) is 0 Å². The molecule has 1 N–H and O–H groups in total. The van der Waals surface area contributed by atoms with Crippen LogP contribution in [0.3, 0.4) is 0 Å². The number of hydrogen-bond donors (Lipinski definition) is 1. The lowest BCUT2D eigenvalue weighted by atomic mass is 9.99. The number of fused-ring (bicyclic) bond motifs is 1. The van der Waals surface area contributed by atoms with Crippen LogP contribution in [0.15, 0.2) is 12.3 Å². The second-order valence-corrected chi connectivity index (χ2v) is 17.1. The number of methoxy groups -OCH3 is 1. The van der Waals surface area contributed by atoms with Gasteiger partial charge in [-0.2, -0.15) is 5.10 Å². The molecule has 0 radical (unpaired) electrons. The second kappa shape index (κ2) is 11.0. The number of anilines is 1. The van der Waals surface area contributed by atoms with Gasteiger partial charge in [0.05, 0.1) is 36.8 Å². The standard InChI is InChI=1S/C27H45N3O6Si/c1-13-34-23(31)22-18(14-15-27(8,9)36-37(11,12)26(5,6)7)29-30-17-21(33-10)19(16-20(22)30)28-24(32)35-25(2,3)4/h16-17H,13-15H2,1-12H3,(H,28,32)/q-1. The Morgan fingerprint density at radius 3 is 2.22 bits per heavy atom. The van der Waals surface area contributed by atoms with Crippen LogP contribution in [-0.2, 0) is 20.3 Å². The summed E-state index contributed by atoms with van der Waals surface area (Å²) >= 11 is 0. The molecule has 9 nitrogen and oxygen atoms in total. The number of nitrogens with one attached hydrogen (secondary N) is 1. The number of carbonyl (C=O) groups is 2. The number of nitrogens with zero attached hydrogens (tertiary/aromatic N) is 2. The number of rotatable bonds is 9. The molecule has 209 valence electrons. The third-order valence-corrected chi connectivity index (χ3v) is 11.1. The highest BCUT2D eigenvalue weighted by Gasteiger charge is 2.31. The van der Waals surface area contributed by atoms with E-state index in [1.807, 2.05) is 0 Å². The predicted octanol–water partition coefficient (Wildman–Crippen LogP) is 6.60. The molecule has 0 aliphatic rings. The molecule has 37 heavy (non-hydrogen) atoms. The zero-order valence-corrected chi connectivity index (χ0v) is 25.6. The number of pyridine rings is 1. The molecule has 0 aliphatic heterocycles. The summed E-state index contributed by atoms with van der Waals surface area (Å²) in [6, 6.07) is 1.66. The molecule has 0 atom stereocenters. The van der Waals surface area contributed by atoms with E-state index in [1.54, 1.807) is 44.5 Å². The van der Waals surface area contributed by atoms with E-state index in [1.165, 1.54) is 7.11 Å². The van der Waals surface area contributed by atoms with Gasteiger partial charge in [0.15, 0.2) is 5.75 Å². The first-order valence-corrected chi connectivity index (χ1v) is 15.7. The number of hydrogen-bond acceptors (Lipinski definition) is 7. The van der Waals surface area contributed by atoms with Crippen LogP contribution in [-0.4, -0.2) is 54.9 Å². The lowest BCUT2D eigenvalue weighted by Gasteiger charge is -2.53. The van der Waals surface area contributed by atoms with Crippen molar-refractivity contribution in [1.82, 2.24) is 9.61 Å². The molecule has 0 saturated heterocycles. The number of aryl methyl sites for hydroxylation is 1. The predicted molar refractivity (Wildman–Crippen MR) is 148 cm³/mol. The van der Waals surface area contributed by atoms with Gasteiger partial charge in [0.2, 0.25) is 0 Å². The first-order valence-electron chi connectivity index (χ1n) is 12.8. The fourth-order valence-electron chi connectivity index (χ4n) is 3.71. The molecule has 0 fully saturated rings. The molecule has 0 saturated carbocycles. The average Bonchev–Trinajstić information content (AvgIpc) is 3.06. The Balaban J connectivity index is 2.47. The number of amides is 1. The van der Waals surface area contributed by atoms with Crippen LogP contribution in [0.5, 0.6) is 5.75 Å². The summed E-state index contributed by atoms with van der Waals surface area (Å²) in [6.07, 6.45) is 2.17. The summed E-state index contributed by atoms with van der Waals surface area (Å²) in [5, 5.41) is 7.50. The largest absolute Gasteiger partial charge is 0.560 e. The maximum atomic E-state index is 13.1. The lowest BCUT2D eigenvalue weighted by molar-refractivity contribution is 0.0524. The minimum Gasteiger partial charge on any atom is -0.560 e. The Labute approximate surface area is 222 Å². The van der Waals surface area contributed by atoms with Gasteiger partial charge in [-0.3, -0.25) is 5.32 Å². The topological polar surface area (TPSA) is 100 Å². The Bertz CT molecular complexity index is 1130. The van der Waals surface area contributed by atoms with E-state index in [0.29, 0.717) is 41.1 Å². The van der Waals surface area contributed by atoms with Crippen molar-refractivity contribution < 1.29 is 28.2 Å². The molecule has 0 spiro atoms. The van der Waals surface area contributed by atoms with Crippen LogP contribution in [0.1, 0.15) is 84.8 Å². The van der Waals surface area contributed by atoms with Gasteiger partial charge >= 0.3 is 12.1 Å². The van der Waals surface area contributed by atoms with Crippen molar-refractivity contribution >= 4 is 31.6 Å². The van der Waals surface area contributed by atoms with Gasteiger partial charge < -0.3 is 18.6 Å². The van der Waals surface area contributed by atoms with E-state index in [0.717, 1.165) is 0 Å². The zero-order chi connectivity index (χ0) is 28.4. The minimum absolute atomic E-state index is 0.0809. The third-order valence-electron chi connectivity index (χ3n) is 6.44. The monoisotopic (exact) mass is 535 g/mol. The van der Waals surface area contributed by atoms with E-state index in [4.69, 9.17) is 23.7 Å². The molecule has 2 heterocycles. The van der Waals surface area contributed by atoms with Crippen molar-refractivity contribution in [1.29, 1.82) is 0 Å². The highest BCUT2D eigenvalue weighted by Crippen LogP contribution is 2.40. The molecule has 2 rings (SSSR count). The van der Waals surface area contributed by atoms with Crippen LogP contribution in [0, 0.1) is 0 Å². The normalized spacial score (nSPS) is 13.0. The number of carbonyl (C=O) groups excluding carboxylic acids is 2. The van der Waals surface area contributed by atoms with Gasteiger partial charge in [-0.15, -0.1) is 18.1 Å². The first kappa shape index (κ1) is 30.6. The van der Waals surface area contributed by atoms with Crippen LogP contribution in [0.4, 0.5) is 10.5 Å². The molecular weight excluding hydrogens is 490 g/mol. The second-order valence-electron chi connectivity index (χ2n) is 12.4. The van der Waals surface area contributed by atoms with E-state index < -0.39 is 31.6 Å². The van der Waals surface area contributed by atoms with Crippen LogP contribution in [0.2, 0.25) is 18.1 Å². The quantitative estimate of drug-likeness (QED) is 0.285. The summed E-state index contributed by atoms with van der Waals surface area (Å²) in [4.78, 5) is 25.5. The lowest BCUT2D eigenvalue weighted by Crippen LogP contribution is -2.47. The molecule has 0 bridgehead atoms. The Hall–Kier alpha value is -2.59. The fraction of sp³-hybridized carbons (Fsp3) is 0.667.